The molecule has 0 aliphatic heterocycles. The van der Waals surface area contributed by atoms with Gasteiger partial charge in [0, 0.05) is 11.7 Å². The number of hydrogen-bond acceptors (Lipinski definition) is 2. The maximum atomic E-state index is 12.0. The third-order valence-corrected chi connectivity index (χ3v) is 4.19. The molecule has 3 rings (SSSR count). The molecule has 4 N–H and O–H groups in total. The summed E-state index contributed by atoms with van der Waals surface area (Å²) in [6, 6.07) is 8.27. The number of nitrogens with two attached hydrogens (primary N) is 1. The largest absolute Gasteiger partial charge is 0.399 e. The van der Waals surface area contributed by atoms with Gasteiger partial charge in [-0.05, 0) is 43.4 Å². The lowest BCUT2D eigenvalue weighted by Crippen LogP contribution is -2.49. The molecule has 0 atom stereocenters. The molecule has 4 heteroatoms. The molecule has 1 aromatic rings. The van der Waals surface area contributed by atoms with E-state index >= 15 is 0 Å². The van der Waals surface area contributed by atoms with Crippen LogP contribution >= 0.6 is 0 Å². The topological polar surface area (TPSA) is 67.1 Å². The summed E-state index contributed by atoms with van der Waals surface area (Å²) in [4.78, 5) is 12.0. The van der Waals surface area contributed by atoms with Crippen molar-refractivity contribution in [2.75, 3.05) is 5.73 Å². The Kier molecular flexibility index (Phi) is 3.09. The SMILES string of the molecule is Nc1ccc(C2(NC(=O)NC3CC3)CCCC2)cc1. The number of urea groups is 1. The van der Waals surface area contributed by atoms with E-state index in [0.29, 0.717) is 6.04 Å². The second kappa shape index (κ2) is 4.76. The van der Waals surface area contributed by atoms with Crippen molar-refractivity contribution >= 4 is 11.7 Å². The fraction of sp³-hybridized carbons (Fsp3) is 0.533. The van der Waals surface area contributed by atoms with Crippen LogP contribution in [-0.4, -0.2) is 12.1 Å². The van der Waals surface area contributed by atoms with E-state index in [1.54, 1.807) is 0 Å². The first kappa shape index (κ1) is 12.3. The van der Waals surface area contributed by atoms with Crippen molar-refractivity contribution in [3.8, 4) is 0 Å². The Hall–Kier alpha value is -1.71. The summed E-state index contributed by atoms with van der Waals surface area (Å²) in [6.07, 6.45) is 6.57. The molecule has 0 aromatic heterocycles. The first-order valence-electron chi connectivity index (χ1n) is 7.13. The summed E-state index contributed by atoms with van der Waals surface area (Å²) in [7, 11) is 0. The highest BCUT2D eigenvalue weighted by molar-refractivity contribution is 5.76. The number of hydrogen-bond donors (Lipinski definition) is 3. The van der Waals surface area contributed by atoms with Gasteiger partial charge >= 0.3 is 6.03 Å². The Labute approximate surface area is 113 Å². The fourth-order valence-corrected chi connectivity index (χ4v) is 2.93. The molecular formula is C15H21N3O. The molecule has 19 heavy (non-hydrogen) atoms. The highest BCUT2D eigenvalue weighted by Crippen LogP contribution is 2.39. The minimum Gasteiger partial charge on any atom is -0.399 e. The minimum atomic E-state index is -0.202. The first-order valence-corrected chi connectivity index (χ1v) is 7.13. The molecule has 0 heterocycles. The monoisotopic (exact) mass is 259 g/mol. The average molecular weight is 259 g/mol. The Balaban J connectivity index is 1.77. The van der Waals surface area contributed by atoms with Gasteiger partial charge in [-0.2, -0.15) is 0 Å². The summed E-state index contributed by atoms with van der Waals surface area (Å²) < 4.78 is 0. The van der Waals surface area contributed by atoms with Gasteiger partial charge in [0.05, 0.1) is 5.54 Å². The number of nitrogen functional groups attached to an aromatic ring is 1. The van der Waals surface area contributed by atoms with Gasteiger partial charge in [0.2, 0.25) is 0 Å². The van der Waals surface area contributed by atoms with Gasteiger partial charge < -0.3 is 16.4 Å². The summed E-state index contributed by atoms with van der Waals surface area (Å²) in [5, 5.41) is 6.22. The van der Waals surface area contributed by atoms with Gasteiger partial charge in [0.1, 0.15) is 0 Å². The molecule has 2 aliphatic rings. The van der Waals surface area contributed by atoms with Crippen LogP contribution in [0.3, 0.4) is 0 Å². The second-order valence-electron chi connectivity index (χ2n) is 5.78. The molecule has 0 unspecified atom stereocenters. The number of amides is 2. The number of nitrogens with one attached hydrogen (secondary N) is 2. The van der Waals surface area contributed by atoms with E-state index in [0.717, 1.165) is 44.2 Å². The van der Waals surface area contributed by atoms with Crippen LogP contribution in [0.5, 0.6) is 0 Å². The zero-order valence-electron chi connectivity index (χ0n) is 11.1. The van der Waals surface area contributed by atoms with E-state index in [9.17, 15) is 4.79 Å². The molecule has 2 aliphatic carbocycles. The molecule has 4 nitrogen and oxygen atoms in total. The van der Waals surface area contributed by atoms with Crippen molar-refractivity contribution in [2.24, 2.45) is 0 Å². The Morgan fingerprint density at radius 2 is 1.79 bits per heavy atom. The van der Waals surface area contributed by atoms with E-state index in [4.69, 9.17) is 5.73 Å². The molecule has 2 amide bonds. The lowest BCUT2D eigenvalue weighted by Gasteiger charge is -2.31. The molecule has 0 spiro atoms. The summed E-state index contributed by atoms with van der Waals surface area (Å²) in [6.45, 7) is 0. The van der Waals surface area contributed by atoms with Gasteiger partial charge in [-0.3, -0.25) is 0 Å². The molecular weight excluding hydrogens is 238 g/mol. The number of carbonyl (C=O) groups excluding carboxylic acids is 1. The van der Waals surface area contributed by atoms with Crippen molar-refractivity contribution < 1.29 is 4.79 Å². The third kappa shape index (κ3) is 2.67. The summed E-state index contributed by atoms with van der Waals surface area (Å²) in [5.74, 6) is 0. The van der Waals surface area contributed by atoms with Gasteiger partial charge in [-0.1, -0.05) is 25.0 Å². The molecule has 1 aromatic carbocycles. The van der Waals surface area contributed by atoms with E-state index in [-0.39, 0.29) is 11.6 Å². The van der Waals surface area contributed by atoms with Crippen molar-refractivity contribution in [1.29, 1.82) is 0 Å². The van der Waals surface area contributed by atoms with Crippen LogP contribution in [0.2, 0.25) is 0 Å². The Bertz CT molecular complexity index is 459. The van der Waals surface area contributed by atoms with Crippen LogP contribution < -0.4 is 16.4 Å². The van der Waals surface area contributed by atoms with Crippen LogP contribution in [0.1, 0.15) is 44.1 Å². The van der Waals surface area contributed by atoms with Crippen LogP contribution in [0.15, 0.2) is 24.3 Å². The molecule has 102 valence electrons. The second-order valence-corrected chi connectivity index (χ2v) is 5.78. The van der Waals surface area contributed by atoms with E-state index in [1.165, 1.54) is 5.56 Å². The standard InChI is InChI=1S/C15H21N3O/c16-12-5-3-11(4-6-12)15(9-1-2-10-15)18-14(19)17-13-7-8-13/h3-6,13H,1-2,7-10,16H2,(H2,17,18,19). The normalized spacial score (nSPS) is 21.1. The molecule has 0 saturated heterocycles. The lowest BCUT2D eigenvalue weighted by atomic mass is 9.88. The smallest absolute Gasteiger partial charge is 0.315 e. The lowest BCUT2D eigenvalue weighted by molar-refractivity contribution is 0.224. The fourth-order valence-electron chi connectivity index (χ4n) is 2.93. The number of anilines is 1. The van der Waals surface area contributed by atoms with Crippen molar-refractivity contribution in [2.45, 2.75) is 50.1 Å². The Morgan fingerprint density at radius 3 is 2.37 bits per heavy atom. The van der Waals surface area contributed by atoms with Gasteiger partial charge in [-0.25, -0.2) is 4.79 Å². The zero-order valence-corrected chi connectivity index (χ0v) is 11.1. The molecule has 2 fully saturated rings. The number of rotatable bonds is 3. The van der Waals surface area contributed by atoms with Gasteiger partial charge in [0.15, 0.2) is 0 Å². The number of benzene rings is 1. The predicted octanol–water partition coefficient (Wildman–Crippen LogP) is 2.50. The predicted molar refractivity (Wildman–Crippen MR) is 75.7 cm³/mol. The third-order valence-electron chi connectivity index (χ3n) is 4.19. The van der Waals surface area contributed by atoms with Gasteiger partial charge in [-0.15, -0.1) is 0 Å². The highest BCUT2D eigenvalue weighted by Gasteiger charge is 2.37. The maximum absolute atomic E-state index is 12.0. The van der Waals surface area contributed by atoms with Crippen molar-refractivity contribution in [3.63, 3.8) is 0 Å². The van der Waals surface area contributed by atoms with Crippen molar-refractivity contribution in [3.05, 3.63) is 29.8 Å². The molecule has 2 saturated carbocycles. The van der Waals surface area contributed by atoms with E-state index in [2.05, 4.69) is 10.6 Å². The maximum Gasteiger partial charge on any atom is 0.315 e. The summed E-state index contributed by atoms with van der Waals surface area (Å²) in [5.41, 5.74) is 7.48. The quantitative estimate of drug-likeness (QED) is 0.730. The average Bonchev–Trinajstić information content (AvgIpc) is 3.06. The van der Waals surface area contributed by atoms with Gasteiger partial charge in [0.25, 0.3) is 0 Å². The van der Waals surface area contributed by atoms with E-state index < -0.39 is 0 Å². The van der Waals surface area contributed by atoms with Crippen LogP contribution in [0.25, 0.3) is 0 Å². The summed E-state index contributed by atoms with van der Waals surface area (Å²) >= 11 is 0. The zero-order chi connectivity index (χ0) is 13.3. The molecule has 0 bridgehead atoms. The van der Waals surface area contributed by atoms with Crippen LogP contribution in [-0.2, 0) is 5.54 Å². The van der Waals surface area contributed by atoms with Crippen LogP contribution in [0.4, 0.5) is 10.5 Å². The highest BCUT2D eigenvalue weighted by atomic mass is 16.2. The van der Waals surface area contributed by atoms with Crippen molar-refractivity contribution in [1.82, 2.24) is 10.6 Å². The number of carbonyl (C=O) groups is 1. The molecule has 0 radical (unpaired) electrons. The van der Waals surface area contributed by atoms with E-state index in [1.807, 2.05) is 24.3 Å². The Morgan fingerprint density at radius 1 is 1.16 bits per heavy atom. The first-order chi connectivity index (χ1) is 9.18. The minimum absolute atomic E-state index is 0.0266. The van der Waals surface area contributed by atoms with Crippen LogP contribution in [0, 0.1) is 0 Å².